The van der Waals surface area contributed by atoms with Gasteiger partial charge in [-0.25, -0.2) is 9.18 Å². The van der Waals surface area contributed by atoms with Gasteiger partial charge in [0.05, 0.1) is 11.7 Å². The molecule has 1 N–H and O–H groups in total. The summed E-state index contributed by atoms with van der Waals surface area (Å²) in [6, 6.07) is 10.8. The Morgan fingerprint density at radius 3 is 2.27 bits per heavy atom. The van der Waals surface area contributed by atoms with Crippen molar-refractivity contribution < 1.29 is 23.5 Å². The lowest BCUT2D eigenvalue weighted by Crippen LogP contribution is -2.30. The molecule has 0 saturated heterocycles. The summed E-state index contributed by atoms with van der Waals surface area (Å²) in [5.41, 5.74) is 1.09. The zero-order chi connectivity index (χ0) is 19.3. The maximum atomic E-state index is 13.5. The number of carbonyl (C=O) groups excluding carboxylic acids is 2. The second-order valence-corrected chi connectivity index (χ2v) is 6.19. The first-order valence-electron chi connectivity index (χ1n) is 8.31. The van der Waals surface area contributed by atoms with Crippen LogP contribution in [0.4, 0.5) is 10.1 Å². The predicted octanol–water partition coefficient (Wildman–Crippen LogP) is 4.11. The number of anilines is 1. The van der Waals surface area contributed by atoms with E-state index in [0.29, 0.717) is 22.6 Å². The molecule has 0 saturated carbocycles. The van der Waals surface area contributed by atoms with Gasteiger partial charge in [-0.3, -0.25) is 4.79 Å². The van der Waals surface area contributed by atoms with E-state index in [4.69, 9.17) is 9.47 Å². The number of nitrogens with one attached hydrogen (secondary N) is 1. The number of aryl methyl sites for hydroxylation is 1. The number of amides is 1. The molecule has 0 unspecified atom stereocenters. The summed E-state index contributed by atoms with van der Waals surface area (Å²) in [7, 11) is 0. The summed E-state index contributed by atoms with van der Waals surface area (Å²) in [6.07, 6.45) is -0.999. The number of esters is 1. The van der Waals surface area contributed by atoms with Crippen molar-refractivity contribution in [3.63, 3.8) is 0 Å². The number of carbonyl (C=O) groups is 2. The molecule has 5 nitrogen and oxygen atoms in total. The molecule has 1 atom stereocenters. The van der Waals surface area contributed by atoms with Crippen LogP contribution in [0.1, 0.15) is 36.7 Å². The third kappa shape index (κ3) is 5.31. The Kier molecular flexibility index (Phi) is 6.33. The number of halogens is 1. The fourth-order valence-electron chi connectivity index (χ4n) is 2.14. The van der Waals surface area contributed by atoms with Gasteiger partial charge in [0.15, 0.2) is 6.10 Å². The third-order valence-corrected chi connectivity index (χ3v) is 3.55. The number of rotatable bonds is 6. The van der Waals surface area contributed by atoms with Crippen molar-refractivity contribution in [2.24, 2.45) is 0 Å². The van der Waals surface area contributed by atoms with Crippen LogP contribution in [0.5, 0.6) is 5.75 Å². The topological polar surface area (TPSA) is 64.6 Å². The van der Waals surface area contributed by atoms with Gasteiger partial charge in [0.2, 0.25) is 0 Å². The highest BCUT2D eigenvalue weighted by atomic mass is 19.1. The average Bonchev–Trinajstić information content (AvgIpc) is 2.58. The minimum atomic E-state index is -1.03. The average molecular weight is 359 g/mol. The molecular weight excluding hydrogens is 337 g/mol. The maximum Gasteiger partial charge on any atom is 0.338 e. The van der Waals surface area contributed by atoms with E-state index in [1.807, 2.05) is 13.8 Å². The number of hydrogen-bond acceptors (Lipinski definition) is 4. The van der Waals surface area contributed by atoms with Crippen molar-refractivity contribution in [1.82, 2.24) is 0 Å². The number of benzene rings is 2. The van der Waals surface area contributed by atoms with E-state index in [1.54, 1.807) is 43.3 Å². The van der Waals surface area contributed by atoms with Crippen LogP contribution in [0.2, 0.25) is 0 Å². The van der Waals surface area contributed by atoms with Crippen LogP contribution >= 0.6 is 0 Å². The van der Waals surface area contributed by atoms with E-state index in [-0.39, 0.29) is 6.10 Å². The second kappa shape index (κ2) is 8.47. The van der Waals surface area contributed by atoms with E-state index in [0.717, 1.165) is 0 Å². The highest BCUT2D eigenvalue weighted by Crippen LogP contribution is 2.16. The maximum absolute atomic E-state index is 13.5. The lowest BCUT2D eigenvalue weighted by Gasteiger charge is -2.14. The monoisotopic (exact) mass is 359 g/mol. The largest absolute Gasteiger partial charge is 0.491 e. The zero-order valence-corrected chi connectivity index (χ0v) is 15.2. The van der Waals surface area contributed by atoms with Gasteiger partial charge in [-0.15, -0.1) is 0 Å². The molecule has 0 heterocycles. The molecular formula is C20H22FNO4. The molecule has 0 bridgehead atoms. The first kappa shape index (κ1) is 19.4. The van der Waals surface area contributed by atoms with E-state index in [2.05, 4.69) is 5.32 Å². The molecule has 1 amide bonds. The van der Waals surface area contributed by atoms with Crippen LogP contribution in [0.25, 0.3) is 0 Å². The van der Waals surface area contributed by atoms with Crippen molar-refractivity contribution in [3.8, 4) is 5.75 Å². The first-order chi connectivity index (χ1) is 12.3. The minimum absolute atomic E-state index is 0.0307. The quantitative estimate of drug-likeness (QED) is 0.789. The molecule has 0 radical (unpaired) electrons. The van der Waals surface area contributed by atoms with Crippen molar-refractivity contribution >= 4 is 17.6 Å². The molecule has 0 aliphatic carbocycles. The van der Waals surface area contributed by atoms with Crippen LogP contribution < -0.4 is 10.1 Å². The van der Waals surface area contributed by atoms with Gasteiger partial charge in [-0.2, -0.15) is 0 Å². The third-order valence-electron chi connectivity index (χ3n) is 3.55. The van der Waals surface area contributed by atoms with Gasteiger partial charge in [0, 0.05) is 5.69 Å². The Balaban J connectivity index is 1.94. The lowest BCUT2D eigenvalue weighted by molar-refractivity contribution is -0.123. The van der Waals surface area contributed by atoms with Crippen molar-refractivity contribution in [1.29, 1.82) is 0 Å². The number of ether oxygens (including phenoxy) is 2. The van der Waals surface area contributed by atoms with Crippen molar-refractivity contribution in [2.75, 3.05) is 5.32 Å². The summed E-state index contributed by atoms with van der Waals surface area (Å²) < 4.78 is 24.2. The van der Waals surface area contributed by atoms with Gasteiger partial charge >= 0.3 is 5.97 Å². The van der Waals surface area contributed by atoms with E-state index in [1.165, 1.54) is 13.0 Å². The predicted molar refractivity (Wildman–Crippen MR) is 96.9 cm³/mol. The Morgan fingerprint density at radius 2 is 1.69 bits per heavy atom. The van der Waals surface area contributed by atoms with Crippen LogP contribution in [-0.2, 0) is 9.53 Å². The Bertz CT molecular complexity index is 787. The second-order valence-electron chi connectivity index (χ2n) is 6.19. The van der Waals surface area contributed by atoms with Crippen molar-refractivity contribution in [2.45, 2.75) is 39.9 Å². The summed E-state index contributed by atoms with van der Waals surface area (Å²) in [6.45, 7) is 6.89. The fraction of sp³-hybridized carbons (Fsp3) is 0.300. The van der Waals surface area contributed by atoms with E-state index in [9.17, 15) is 14.0 Å². The van der Waals surface area contributed by atoms with Crippen LogP contribution in [0.15, 0.2) is 42.5 Å². The number of hydrogen-bond donors (Lipinski definition) is 1. The Morgan fingerprint density at radius 1 is 1.04 bits per heavy atom. The van der Waals surface area contributed by atoms with Gasteiger partial charge in [-0.1, -0.05) is 6.07 Å². The van der Waals surface area contributed by atoms with Gasteiger partial charge in [0.25, 0.3) is 5.91 Å². The molecule has 138 valence electrons. The summed E-state index contributed by atoms with van der Waals surface area (Å²) >= 11 is 0. The summed E-state index contributed by atoms with van der Waals surface area (Å²) in [5.74, 6) is -0.944. The smallest absolute Gasteiger partial charge is 0.338 e. The van der Waals surface area contributed by atoms with Crippen molar-refractivity contribution in [3.05, 3.63) is 59.4 Å². The molecule has 26 heavy (non-hydrogen) atoms. The first-order valence-corrected chi connectivity index (χ1v) is 8.31. The molecule has 0 aromatic heterocycles. The molecule has 0 aliphatic heterocycles. The summed E-state index contributed by atoms with van der Waals surface area (Å²) in [4.78, 5) is 24.3. The van der Waals surface area contributed by atoms with Crippen LogP contribution in [0, 0.1) is 12.7 Å². The minimum Gasteiger partial charge on any atom is -0.491 e. The highest BCUT2D eigenvalue weighted by molar-refractivity contribution is 5.97. The van der Waals surface area contributed by atoms with Crippen LogP contribution in [-0.4, -0.2) is 24.1 Å². The molecule has 0 spiro atoms. The Hall–Kier alpha value is -2.89. The molecule has 6 heteroatoms. The molecule has 2 aromatic rings. The zero-order valence-electron chi connectivity index (χ0n) is 15.2. The molecule has 2 aromatic carbocycles. The van der Waals surface area contributed by atoms with Gasteiger partial charge < -0.3 is 14.8 Å². The lowest BCUT2D eigenvalue weighted by atomic mass is 10.2. The normalized spacial score (nSPS) is 11.8. The molecule has 0 aliphatic rings. The van der Waals surface area contributed by atoms with Gasteiger partial charge in [0.1, 0.15) is 11.6 Å². The molecule has 0 fully saturated rings. The van der Waals surface area contributed by atoms with Crippen LogP contribution in [0.3, 0.4) is 0 Å². The fourth-order valence-corrected chi connectivity index (χ4v) is 2.14. The summed E-state index contributed by atoms with van der Waals surface area (Å²) in [5, 5.41) is 2.52. The van der Waals surface area contributed by atoms with Gasteiger partial charge in [-0.05, 0) is 69.7 Å². The van der Waals surface area contributed by atoms with E-state index < -0.39 is 23.8 Å². The van der Waals surface area contributed by atoms with E-state index >= 15 is 0 Å². The molecule has 2 rings (SSSR count). The Labute approximate surface area is 152 Å². The highest BCUT2D eigenvalue weighted by Gasteiger charge is 2.19. The standard InChI is InChI=1S/C20H22FNO4/c1-12(2)25-17-9-6-15(7-10-17)20(24)26-14(4)19(23)22-16-8-5-13(3)18(21)11-16/h5-12,14H,1-4H3,(H,22,23)/t14-/m0/s1. The SMILES string of the molecule is Cc1ccc(NC(=O)[C@H](C)OC(=O)c2ccc(OC(C)C)cc2)cc1F.